The van der Waals surface area contributed by atoms with E-state index in [0.717, 1.165) is 16.9 Å². The molecule has 0 bridgehead atoms. The number of hydrogen-bond donors (Lipinski definition) is 1. The van der Waals surface area contributed by atoms with Crippen molar-refractivity contribution < 1.29 is 9.00 Å². The molecular weight excluding hydrogens is 298 g/mol. The van der Waals surface area contributed by atoms with Crippen LogP contribution in [0.2, 0.25) is 0 Å². The maximum atomic E-state index is 12.4. The zero-order chi connectivity index (χ0) is 15.9. The molecule has 1 aliphatic rings. The topological polar surface area (TPSA) is 64.0 Å². The van der Waals surface area contributed by atoms with Crippen molar-refractivity contribution in [2.45, 2.75) is 32.3 Å². The van der Waals surface area contributed by atoms with E-state index in [-0.39, 0.29) is 5.91 Å². The molecule has 0 spiro atoms. The summed E-state index contributed by atoms with van der Waals surface area (Å²) in [5.74, 6) is 1.46. The summed E-state index contributed by atoms with van der Waals surface area (Å²) in [6.07, 6.45) is 0. The fourth-order valence-electron chi connectivity index (χ4n) is 2.31. The van der Waals surface area contributed by atoms with Crippen LogP contribution >= 0.6 is 0 Å². The molecule has 1 aromatic carbocycles. The molecule has 2 aromatic rings. The van der Waals surface area contributed by atoms with Crippen molar-refractivity contribution >= 4 is 22.5 Å². The van der Waals surface area contributed by atoms with Crippen molar-refractivity contribution in [1.29, 1.82) is 0 Å². The summed E-state index contributed by atoms with van der Waals surface area (Å²) >= 11 is 0. The molecule has 2 heterocycles. The number of rotatable bonds is 2. The Morgan fingerprint density at radius 3 is 2.55 bits per heavy atom. The van der Waals surface area contributed by atoms with E-state index >= 15 is 0 Å². The summed E-state index contributed by atoms with van der Waals surface area (Å²) in [7, 11) is -0.926. The van der Waals surface area contributed by atoms with Gasteiger partial charge in [0.15, 0.2) is 0 Å². The van der Waals surface area contributed by atoms with E-state index in [9.17, 15) is 9.00 Å². The van der Waals surface area contributed by atoms with Gasteiger partial charge in [0.1, 0.15) is 5.82 Å². The van der Waals surface area contributed by atoms with E-state index in [0.29, 0.717) is 17.3 Å². The number of nitrogens with zero attached hydrogens (tertiary/aromatic N) is 2. The van der Waals surface area contributed by atoms with Crippen molar-refractivity contribution in [2.75, 3.05) is 5.32 Å². The van der Waals surface area contributed by atoms with E-state index in [1.165, 1.54) is 0 Å². The average molecular weight is 317 g/mol. The van der Waals surface area contributed by atoms with Gasteiger partial charge < -0.3 is 5.32 Å². The minimum Gasteiger partial charge on any atom is -0.310 e. The van der Waals surface area contributed by atoms with Crippen LogP contribution < -0.4 is 5.32 Å². The summed E-state index contributed by atoms with van der Waals surface area (Å²) < 4.78 is 13.5. The standard InChI is InChI=1S/C16H19N3O2S/c1-16(2,3)15(20)17-14-12-9-22(21)10-13(12)18-19(14)11-7-5-4-6-8-11/h4-8H,9-10H2,1-3H3,(H,17,20). The van der Waals surface area contributed by atoms with Crippen LogP contribution in [-0.4, -0.2) is 19.9 Å². The number of amides is 1. The molecule has 116 valence electrons. The summed E-state index contributed by atoms with van der Waals surface area (Å²) in [4.78, 5) is 12.4. The predicted octanol–water partition coefficient (Wildman–Crippen LogP) is 2.62. The number of para-hydroxylation sites is 1. The van der Waals surface area contributed by atoms with Gasteiger partial charge in [-0.2, -0.15) is 5.10 Å². The summed E-state index contributed by atoms with van der Waals surface area (Å²) in [5, 5.41) is 7.53. The second-order valence-corrected chi connectivity index (χ2v) is 7.91. The molecule has 1 unspecified atom stereocenters. The number of fused-ring (bicyclic) bond motifs is 1. The van der Waals surface area contributed by atoms with Crippen molar-refractivity contribution in [3.05, 3.63) is 41.6 Å². The molecule has 0 aliphatic carbocycles. The van der Waals surface area contributed by atoms with Gasteiger partial charge in [-0.1, -0.05) is 39.0 Å². The number of hydrogen-bond acceptors (Lipinski definition) is 3. The number of anilines is 1. The largest absolute Gasteiger partial charge is 0.310 e. The Balaban J connectivity index is 2.07. The molecule has 1 aliphatic heterocycles. The first-order valence-corrected chi connectivity index (χ1v) is 8.67. The van der Waals surface area contributed by atoms with Crippen molar-refractivity contribution in [3.8, 4) is 5.69 Å². The zero-order valence-electron chi connectivity index (χ0n) is 12.9. The molecule has 22 heavy (non-hydrogen) atoms. The second kappa shape index (κ2) is 5.35. The Bertz CT molecular complexity index is 745. The van der Waals surface area contributed by atoms with Crippen LogP contribution in [0.15, 0.2) is 30.3 Å². The molecule has 3 rings (SSSR count). The Hall–Kier alpha value is -1.95. The molecule has 0 saturated heterocycles. The number of carbonyl (C=O) groups is 1. The first-order chi connectivity index (χ1) is 10.4. The fourth-order valence-corrected chi connectivity index (χ4v) is 3.57. The molecule has 0 radical (unpaired) electrons. The maximum Gasteiger partial charge on any atom is 0.230 e. The van der Waals surface area contributed by atoms with Gasteiger partial charge in [-0.15, -0.1) is 0 Å². The van der Waals surface area contributed by atoms with Crippen molar-refractivity contribution in [1.82, 2.24) is 9.78 Å². The van der Waals surface area contributed by atoms with Gasteiger partial charge in [-0.25, -0.2) is 4.68 Å². The third-order valence-corrected chi connectivity index (χ3v) is 4.79. The van der Waals surface area contributed by atoms with Crippen LogP contribution in [0.4, 0.5) is 5.82 Å². The SMILES string of the molecule is CC(C)(C)C(=O)Nc1c2c(nn1-c1ccccc1)CS(=O)C2. The highest BCUT2D eigenvalue weighted by Crippen LogP contribution is 2.32. The summed E-state index contributed by atoms with van der Waals surface area (Å²) in [6, 6.07) is 9.66. The predicted molar refractivity (Wildman–Crippen MR) is 87.2 cm³/mol. The van der Waals surface area contributed by atoms with Crippen molar-refractivity contribution in [3.63, 3.8) is 0 Å². The second-order valence-electron chi connectivity index (χ2n) is 6.45. The third kappa shape index (κ3) is 2.70. The molecule has 0 fully saturated rings. The van der Waals surface area contributed by atoms with Gasteiger partial charge in [0.05, 0.1) is 22.9 Å². The van der Waals surface area contributed by atoms with Gasteiger partial charge >= 0.3 is 0 Å². The lowest BCUT2D eigenvalue weighted by Gasteiger charge is -2.19. The highest BCUT2D eigenvalue weighted by molar-refractivity contribution is 7.83. The molecule has 6 heteroatoms. The highest BCUT2D eigenvalue weighted by atomic mass is 32.2. The molecule has 1 aromatic heterocycles. The minimum atomic E-state index is -0.926. The average Bonchev–Trinajstić information content (AvgIpc) is 2.96. The number of aromatic nitrogens is 2. The quantitative estimate of drug-likeness (QED) is 0.926. The van der Waals surface area contributed by atoms with E-state index in [1.54, 1.807) is 4.68 Å². The maximum absolute atomic E-state index is 12.4. The molecule has 1 N–H and O–H groups in total. The van der Waals surface area contributed by atoms with E-state index in [4.69, 9.17) is 0 Å². The monoisotopic (exact) mass is 317 g/mol. The fraction of sp³-hybridized carbons (Fsp3) is 0.375. The van der Waals surface area contributed by atoms with Crippen LogP contribution in [0, 0.1) is 5.41 Å². The molecule has 5 nitrogen and oxygen atoms in total. The first kappa shape index (κ1) is 15.0. The smallest absolute Gasteiger partial charge is 0.230 e. The van der Waals surface area contributed by atoms with Gasteiger partial charge in [-0.3, -0.25) is 9.00 Å². The van der Waals surface area contributed by atoms with Gasteiger partial charge in [0, 0.05) is 21.8 Å². The molecule has 1 amide bonds. The lowest BCUT2D eigenvalue weighted by atomic mass is 9.96. The Kier molecular flexibility index (Phi) is 3.64. The molecule has 0 saturated carbocycles. The number of nitrogens with one attached hydrogen (secondary N) is 1. The molecular formula is C16H19N3O2S. The Morgan fingerprint density at radius 2 is 1.91 bits per heavy atom. The summed E-state index contributed by atoms with van der Waals surface area (Å²) in [6.45, 7) is 5.60. The van der Waals surface area contributed by atoms with Gasteiger partial charge in [0.2, 0.25) is 5.91 Å². The van der Waals surface area contributed by atoms with Gasteiger partial charge in [0.25, 0.3) is 0 Å². The van der Waals surface area contributed by atoms with Crippen molar-refractivity contribution in [2.24, 2.45) is 5.41 Å². The van der Waals surface area contributed by atoms with Crippen LogP contribution in [0.25, 0.3) is 5.69 Å². The van der Waals surface area contributed by atoms with Gasteiger partial charge in [-0.05, 0) is 12.1 Å². The minimum absolute atomic E-state index is 0.0786. The lowest BCUT2D eigenvalue weighted by molar-refractivity contribution is -0.123. The Labute approximate surface area is 132 Å². The van der Waals surface area contributed by atoms with Crippen LogP contribution in [0.1, 0.15) is 32.0 Å². The van der Waals surface area contributed by atoms with E-state index < -0.39 is 16.2 Å². The zero-order valence-corrected chi connectivity index (χ0v) is 13.7. The molecule has 1 atom stereocenters. The number of benzene rings is 1. The van der Waals surface area contributed by atoms with E-state index in [2.05, 4.69) is 10.4 Å². The summed E-state index contributed by atoms with van der Waals surface area (Å²) in [5.41, 5.74) is 2.08. The normalized spacial score (nSPS) is 17.3. The van der Waals surface area contributed by atoms with Crippen LogP contribution in [0.3, 0.4) is 0 Å². The third-order valence-electron chi connectivity index (χ3n) is 3.58. The Morgan fingerprint density at radius 1 is 1.23 bits per heavy atom. The van der Waals surface area contributed by atoms with Crippen LogP contribution in [0.5, 0.6) is 0 Å². The van der Waals surface area contributed by atoms with Crippen LogP contribution in [-0.2, 0) is 27.1 Å². The van der Waals surface area contributed by atoms with E-state index in [1.807, 2.05) is 51.1 Å². The highest BCUT2D eigenvalue weighted by Gasteiger charge is 2.30. The first-order valence-electron chi connectivity index (χ1n) is 7.19. The number of carbonyl (C=O) groups excluding carboxylic acids is 1. The lowest BCUT2D eigenvalue weighted by Crippen LogP contribution is -2.29.